The molecule has 0 radical (unpaired) electrons. The standard InChI is InChI=1S/C16H32N2O/c1-16(2)8-4-15(5-9-16)18(3)11-10-17-14-6-12-19-13-7-14/h14-15,17H,4-13H2,1-3H3. The summed E-state index contributed by atoms with van der Waals surface area (Å²) < 4.78 is 5.39. The van der Waals surface area contributed by atoms with Crippen LogP contribution in [0.4, 0.5) is 0 Å². The summed E-state index contributed by atoms with van der Waals surface area (Å²) in [7, 11) is 2.30. The highest BCUT2D eigenvalue weighted by molar-refractivity contribution is 4.83. The molecular weight excluding hydrogens is 236 g/mol. The summed E-state index contributed by atoms with van der Waals surface area (Å²) in [6.07, 6.45) is 7.88. The Kier molecular flexibility index (Phi) is 5.67. The van der Waals surface area contributed by atoms with Crippen molar-refractivity contribution in [2.24, 2.45) is 5.41 Å². The molecule has 1 N–H and O–H groups in total. The highest BCUT2D eigenvalue weighted by Crippen LogP contribution is 2.36. The number of hydrogen-bond donors (Lipinski definition) is 1. The molecule has 1 aliphatic carbocycles. The van der Waals surface area contributed by atoms with E-state index in [0.717, 1.165) is 25.8 Å². The van der Waals surface area contributed by atoms with Crippen LogP contribution in [0.5, 0.6) is 0 Å². The van der Waals surface area contributed by atoms with Crippen molar-refractivity contribution in [2.45, 2.75) is 64.5 Å². The van der Waals surface area contributed by atoms with Crippen LogP contribution in [0.25, 0.3) is 0 Å². The third-order valence-corrected chi connectivity index (χ3v) is 5.05. The molecule has 2 aliphatic rings. The average Bonchev–Trinajstić information content (AvgIpc) is 2.39. The smallest absolute Gasteiger partial charge is 0.0480 e. The minimum atomic E-state index is 0.581. The number of nitrogens with zero attached hydrogens (tertiary/aromatic N) is 1. The number of likely N-dealkylation sites (N-methyl/N-ethyl adjacent to an activating group) is 1. The lowest BCUT2D eigenvalue weighted by Crippen LogP contribution is -2.43. The van der Waals surface area contributed by atoms with Crippen molar-refractivity contribution in [2.75, 3.05) is 33.4 Å². The molecule has 2 rings (SSSR count). The summed E-state index contributed by atoms with van der Waals surface area (Å²) >= 11 is 0. The fraction of sp³-hybridized carbons (Fsp3) is 1.00. The maximum atomic E-state index is 5.39. The Morgan fingerprint density at radius 2 is 1.74 bits per heavy atom. The summed E-state index contributed by atoms with van der Waals surface area (Å²) in [4.78, 5) is 2.57. The Morgan fingerprint density at radius 1 is 1.11 bits per heavy atom. The Balaban J connectivity index is 1.60. The van der Waals surface area contributed by atoms with Crippen molar-refractivity contribution in [1.82, 2.24) is 10.2 Å². The molecule has 0 unspecified atom stereocenters. The minimum absolute atomic E-state index is 0.581. The van der Waals surface area contributed by atoms with Crippen molar-refractivity contribution in [3.8, 4) is 0 Å². The summed E-state index contributed by atoms with van der Waals surface area (Å²) in [5.41, 5.74) is 0.581. The molecule has 1 saturated heterocycles. The van der Waals surface area contributed by atoms with Gasteiger partial charge in [0.05, 0.1) is 0 Å². The van der Waals surface area contributed by atoms with E-state index < -0.39 is 0 Å². The van der Waals surface area contributed by atoms with Crippen LogP contribution in [0.15, 0.2) is 0 Å². The van der Waals surface area contributed by atoms with Crippen LogP contribution in [-0.2, 0) is 4.74 Å². The van der Waals surface area contributed by atoms with Crippen molar-refractivity contribution in [1.29, 1.82) is 0 Å². The van der Waals surface area contributed by atoms with Gasteiger partial charge in [0.15, 0.2) is 0 Å². The van der Waals surface area contributed by atoms with Crippen molar-refractivity contribution < 1.29 is 4.74 Å². The lowest BCUT2D eigenvalue weighted by atomic mass is 9.75. The summed E-state index contributed by atoms with van der Waals surface area (Å²) in [5.74, 6) is 0. The van der Waals surface area contributed by atoms with Crippen LogP contribution in [-0.4, -0.2) is 50.3 Å². The number of ether oxygens (including phenoxy) is 1. The first-order valence-corrected chi connectivity index (χ1v) is 8.08. The number of nitrogens with one attached hydrogen (secondary N) is 1. The van der Waals surface area contributed by atoms with E-state index in [1.54, 1.807) is 0 Å². The lowest BCUT2D eigenvalue weighted by molar-refractivity contribution is 0.0758. The van der Waals surface area contributed by atoms with Gasteiger partial charge in [-0.25, -0.2) is 0 Å². The molecule has 0 aromatic rings. The maximum Gasteiger partial charge on any atom is 0.0480 e. The summed E-state index contributed by atoms with van der Waals surface area (Å²) in [5, 5.41) is 3.69. The molecule has 0 aromatic carbocycles. The average molecular weight is 268 g/mol. The van der Waals surface area contributed by atoms with Crippen LogP contribution in [0.3, 0.4) is 0 Å². The largest absolute Gasteiger partial charge is 0.381 e. The Hall–Kier alpha value is -0.120. The predicted molar refractivity (Wildman–Crippen MR) is 80.5 cm³/mol. The molecule has 0 bridgehead atoms. The zero-order chi connectivity index (χ0) is 13.7. The normalized spacial score (nSPS) is 25.9. The first kappa shape index (κ1) is 15.3. The quantitative estimate of drug-likeness (QED) is 0.829. The van der Waals surface area contributed by atoms with Gasteiger partial charge >= 0.3 is 0 Å². The topological polar surface area (TPSA) is 24.5 Å². The third kappa shape index (κ3) is 5.05. The van der Waals surface area contributed by atoms with Crippen molar-refractivity contribution >= 4 is 0 Å². The second-order valence-corrected chi connectivity index (χ2v) is 7.22. The van der Waals surface area contributed by atoms with E-state index in [1.165, 1.54) is 45.1 Å². The van der Waals surface area contributed by atoms with E-state index in [4.69, 9.17) is 4.74 Å². The first-order chi connectivity index (χ1) is 9.07. The van der Waals surface area contributed by atoms with Crippen LogP contribution in [0, 0.1) is 5.41 Å². The van der Waals surface area contributed by atoms with E-state index in [0.29, 0.717) is 11.5 Å². The second-order valence-electron chi connectivity index (χ2n) is 7.22. The van der Waals surface area contributed by atoms with Crippen LogP contribution < -0.4 is 5.32 Å². The van der Waals surface area contributed by atoms with Gasteiger partial charge in [0.25, 0.3) is 0 Å². The maximum absolute atomic E-state index is 5.39. The fourth-order valence-corrected chi connectivity index (χ4v) is 3.35. The summed E-state index contributed by atoms with van der Waals surface area (Å²) in [6.45, 7) is 9.01. The highest BCUT2D eigenvalue weighted by atomic mass is 16.5. The molecule has 19 heavy (non-hydrogen) atoms. The van der Waals surface area contributed by atoms with Gasteiger partial charge in [-0.15, -0.1) is 0 Å². The number of hydrogen-bond acceptors (Lipinski definition) is 3. The molecule has 112 valence electrons. The highest BCUT2D eigenvalue weighted by Gasteiger charge is 2.28. The Labute approximate surface area is 119 Å². The molecule has 0 spiro atoms. The zero-order valence-corrected chi connectivity index (χ0v) is 13.1. The SMILES string of the molecule is CN(CCNC1CCOCC1)C1CCC(C)(C)CC1. The van der Waals surface area contributed by atoms with Gasteiger partial charge in [-0.05, 0) is 51.0 Å². The van der Waals surface area contributed by atoms with Gasteiger partial charge in [-0.2, -0.15) is 0 Å². The first-order valence-electron chi connectivity index (χ1n) is 8.08. The zero-order valence-electron chi connectivity index (χ0n) is 13.1. The van der Waals surface area contributed by atoms with E-state index in [1.807, 2.05) is 0 Å². The Morgan fingerprint density at radius 3 is 2.37 bits per heavy atom. The lowest BCUT2D eigenvalue weighted by Gasteiger charge is -2.38. The number of rotatable bonds is 5. The second kappa shape index (κ2) is 7.05. The van der Waals surface area contributed by atoms with E-state index in [2.05, 4.69) is 31.1 Å². The third-order valence-electron chi connectivity index (χ3n) is 5.05. The molecule has 0 amide bonds. The van der Waals surface area contributed by atoms with E-state index >= 15 is 0 Å². The molecule has 0 atom stereocenters. The monoisotopic (exact) mass is 268 g/mol. The van der Waals surface area contributed by atoms with Gasteiger partial charge in [0, 0.05) is 38.4 Å². The van der Waals surface area contributed by atoms with Gasteiger partial charge < -0.3 is 15.0 Å². The minimum Gasteiger partial charge on any atom is -0.381 e. The Bertz CT molecular complexity index is 251. The fourth-order valence-electron chi connectivity index (χ4n) is 3.35. The molecule has 3 nitrogen and oxygen atoms in total. The molecule has 1 saturated carbocycles. The van der Waals surface area contributed by atoms with Crippen LogP contribution in [0.1, 0.15) is 52.4 Å². The molecule has 3 heteroatoms. The van der Waals surface area contributed by atoms with Crippen LogP contribution in [0.2, 0.25) is 0 Å². The molecule has 1 heterocycles. The van der Waals surface area contributed by atoms with Gasteiger partial charge in [-0.1, -0.05) is 13.8 Å². The van der Waals surface area contributed by atoms with Crippen molar-refractivity contribution in [3.63, 3.8) is 0 Å². The van der Waals surface area contributed by atoms with E-state index in [-0.39, 0.29) is 0 Å². The van der Waals surface area contributed by atoms with E-state index in [9.17, 15) is 0 Å². The van der Waals surface area contributed by atoms with Gasteiger partial charge in [0.1, 0.15) is 0 Å². The van der Waals surface area contributed by atoms with Gasteiger partial charge in [-0.3, -0.25) is 0 Å². The molecule has 0 aromatic heterocycles. The molecule has 1 aliphatic heterocycles. The van der Waals surface area contributed by atoms with Crippen molar-refractivity contribution in [3.05, 3.63) is 0 Å². The predicted octanol–water partition coefficient (Wildman–Crippen LogP) is 2.66. The van der Waals surface area contributed by atoms with Gasteiger partial charge in [0.2, 0.25) is 0 Å². The summed E-state index contributed by atoms with van der Waals surface area (Å²) in [6, 6.07) is 1.50. The molecule has 2 fully saturated rings. The molecular formula is C16H32N2O. The van der Waals surface area contributed by atoms with Crippen LogP contribution >= 0.6 is 0 Å².